The summed E-state index contributed by atoms with van der Waals surface area (Å²) in [5.41, 5.74) is 0.497. The van der Waals surface area contributed by atoms with E-state index in [9.17, 15) is 9.59 Å². The number of hydrogen-bond donors (Lipinski definition) is 0. The Morgan fingerprint density at radius 1 is 1.17 bits per heavy atom. The van der Waals surface area contributed by atoms with Gasteiger partial charge in [0.2, 0.25) is 5.91 Å². The highest BCUT2D eigenvalue weighted by molar-refractivity contribution is 7.13. The number of amides is 2. The highest BCUT2D eigenvalue weighted by Gasteiger charge is 2.29. The van der Waals surface area contributed by atoms with E-state index in [0.717, 1.165) is 57.2 Å². The summed E-state index contributed by atoms with van der Waals surface area (Å²) in [6.45, 7) is 7.27. The summed E-state index contributed by atoms with van der Waals surface area (Å²) in [6, 6.07) is 1.78. The predicted octanol–water partition coefficient (Wildman–Crippen LogP) is 1.95. The van der Waals surface area contributed by atoms with Crippen LogP contribution >= 0.6 is 11.3 Å². The molecular formula is C20H28N6O2S. The Morgan fingerprint density at radius 2 is 2.00 bits per heavy atom. The number of hydrogen-bond acceptors (Lipinski definition) is 6. The molecule has 0 bridgehead atoms. The maximum atomic E-state index is 12.8. The third-order valence-corrected chi connectivity index (χ3v) is 6.61. The lowest BCUT2D eigenvalue weighted by atomic mass is 9.94. The minimum Gasteiger partial charge on any atom is -0.345 e. The van der Waals surface area contributed by atoms with Gasteiger partial charge in [-0.05, 0) is 31.7 Å². The van der Waals surface area contributed by atoms with E-state index in [1.165, 1.54) is 0 Å². The van der Waals surface area contributed by atoms with Crippen LogP contribution in [0.25, 0.3) is 0 Å². The molecule has 2 aliphatic heterocycles. The summed E-state index contributed by atoms with van der Waals surface area (Å²) in [7, 11) is 0. The highest BCUT2D eigenvalue weighted by Crippen LogP contribution is 2.23. The van der Waals surface area contributed by atoms with Gasteiger partial charge in [-0.3, -0.25) is 14.3 Å². The number of anilines is 1. The van der Waals surface area contributed by atoms with E-state index in [1.54, 1.807) is 22.1 Å². The van der Waals surface area contributed by atoms with Crippen molar-refractivity contribution in [3.8, 4) is 0 Å². The number of thiazole rings is 1. The minimum atomic E-state index is -0.0218. The van der Waals surface area contributed by atoms with Crippen LogP contribution in [0.2, 0.25) is 0 Å². The van der Waals surface area contributed by atoms with E-state index in [-0.39, 0.29) is 17.7 Å². The van der Waals surface area contributed by atoms with Crippen molar-refractivity contribution in [2.24, 2.45) is 5.92 Å². The fourth-order valence-electron chi connectivity index (χ4n) is 4.13. The molecular weight excluding hydrogens is 388 g/mol. The highest BCUT2D eigenvalue weighted by atomic mass is 32.1. The lowest BCUT2D eigenvalue weighted by Crippen LogP contribution is -2.49. The van der Waals surface area contributed by atoms with E-state index in [0.29, 0.717) is 18.7 Å². The first-order valence-electron chi connectivity index (χ1n) is 10.4. The molecule has 4 heterocycles. The van der Waals surface area contributed by atoms with Crippen molar-refractivity contribution >= 4 is 28.3 Å². The zero-order chi connectivity index (χ0) is 20.2. The number of piperazine rings is 1. The molecule has 0 spiro atoms. The third kappa shape index (κ3) is 4.60. The summed E-state index contributed by atoms with van der Waals surface area (Å²) >= 11 is 1.64. The van der Waals surface area contributed by atoms with E-state index in [4.69, 9.17) is 0 Å². The van der Waals surface area contributed by atoms with Gasteiger partial charge in [-0.15, -0.1) is 11.3 Å². The maximum absolute atomic E-state index is 12.8. The fourth-order valence-corrected chi connectivity index (χ4v) is 4.82. The molecule has 0 aliphatic carbocycles. The predicted molar refractivity (Wildman–Crippen MR) is 112 cm³/mol. The quantitative estimate of drug-likeness (QED) is 0.745. The monoisotopic (exact) mass is 416 g/mol. The average molecular weight is 417 g/mol. The molecule has 0 aromatic carbocycles. The molecule has 2 aliphatic rings. The van der Waals surface area contributed by atoms with Crippen LogP contribution in [0.3, 0.4) is 0 Å². The number of carbonyl (C=O) groups is 2. The van der Waals surface area contributed by atoms with Gasteiger partial charge in [-0.1, -0.05) is 0 Å². The van der Waals surface area contributed by atoms with Crippen molar-refractivity contribution in [2.45, 2.75) is 32.7 Å². The second-order valence-electron chi connectivity index (χ2n) is 7.70. The lowest BCUT2D eigenvalue weighted by molar-refractivity contribution is -0.132. The van der Waals surface area contributed by atoms with E-state index in [1.807, 2.05) is 34.5 Å². The molecule has 156 valence electrons. The van der Waals surface area contributed by atoms with Crippen LogP contribution < -0.4 is 4.90 Å². The van der Waals surface area contributed by atoms with Gasteiger partial charge in [0.25, 0.3) is 5.91 Å². The molecule has 0 N–H and O–H groups in total. The second-order valence-corrected chi connectivity index (χ2v) is 8.58. The smallest absolute Gasteiger partial charge is 0.274 e. The van der Waals surface area contributed by atoms with E-state index < -0.39 is 0 Å². The van der Waals surface area contributed by atoms with Gasteiger partial charge in [0.15, 0.2) is 5.13 Å². The molecule has 2 aromatic rings. The van der Waals surface area contributed by atoms with Gasteiger partial charge < -0.3 is 14.7 Å². The van der Waals surface area contributed by atoms with Gasteiger partial charge in [0.1, 0.15) is 5.69 Å². The Labute approximate surface area is 175 Å². The molecule has 0 saturated carbocycles. The Morgan fingerprint density at radius 3 is 2.69 bits per heavy atom. The first-order chi connectivity index (χ1) is 14.1. The normalized spacial score (nSPS) is 20.2. The van der Waals surface area contributed by atoms with Crippen LogP contribution in [0.4, 0.5) is 5.13 Å². The molecule has 0 radical (unpaired) electrons. The Hall–Kier alpha value is -2.42. The number of rotatable bonds is 5. The second kappa shape index (κ2) is 8.94. The standard InChI is InChI=1S/C20H28N6O2S/c1-2-26-8-5-17(22-26)19(28)25-7-3-4-16(15-25)14-18(27)23-9-11-24(12-10-23)20-21-6-13-29-20/h5-6,8,13,16H,2-4,7,9-12,14-15H2,1H3. The summed E-state index contributed by atoms with van der Waals surface area (Å²) in [5.74, 6) is 0.412. The van der Waals surface area contributed by atoms with Crippen LogP contribution in [-0.4, -0.2) is 75.6 Å². The van der Waals surface area contributed by atoms with E-state index >= 15 is 0 Å². The SMILES string of the molecule is CCn1ccc(C(=O)N2CCCC(CC(=O)N3CCN(c4nccs4)CC3)C2)n1. The van der Waals surface area contributed by atoms with Gasteiger partial charge in [0.05, 0.1) is 0 Å². The molecule has 29 heavy (non-hydrogen) atoms. The Balaban J connectivity index is 1.28. The van der Waals surface area contributed by atoms with Crippen molar-refractivity contribution in [2.75, 3.05) is 44.2 Å². The van der Waals surface area contributed by atoms with Gasteiger partial charge in [-0.2, -0.15) is 5.10 Å². The van der Waals surface area contributed by atoms with Gasteiger partial charge in [0, 0.05) is 70.0 Å². The molecule has 1 unspecified atom stereocenters. The molecule has 1 atom stereocenters. The molecule has 4 rings (SSSR count). The Bertz CT molecular complexity index is 828. The summed E-state index contributed by atoms with van der Waals surface area (Å²) in [4.78, 5) is 36.0. The van der Waals surface area contributed by atoms with Crippen molar-refractivity contribution in [3.63, 3.8) is 0 Å². The van der Waals surface area contributed by atoms with Crippen LogP contribution in [0.5, 0.6) is 0 Å². The minimum absolute atomic E-state index is 0.0218. The molecule has 9 heteroatoms. The van der Waals surface area contributed by atoms with Crippen molar-refractivity contribution in [1.29, 1.82) is 0 Å². The van der Waals surface area contributed by atoms with Gasteiger partial charge in [-0.25, -0.2) is 4.98 Å². The van der Waals surface area contributed by atoms with Crippen LogP contribution in [0.15, 0.2) is 23.8 Å². The largest absolute Gasteiger partial charge is 0.345 e. The summed E-state index contributed by atoms with van der Waals surface area (Å²) < 4.78 is 1.77. The molecule has 8 nitrogen and oxygen atoms in total. The number of piperidine rings is 1. The van der Waals surface area contributed by atoms with Crippen LogP contribution in [-0.2, 0) is 11.3 Å². The number of aryl methyl sites for hydroxylation is 1. The molecule has 2 fully saturated rings. The topological polar surface area (TPSA) is 74.6 Å². The lowest BCUT2D eigenvalue weighted by Gasteiger charge is -2.37. The number of carbonyl (C=O) groups excluding carboxylic acids is 2. The van der Waals surface area contributed by atoms with Gasteiger partial charge >= 0.3 is 0 Å². The first-order valence-corrected chi connectivity index (χ1v) is 11.3. The number of likely N-dealkylation sites (tertiary alicyclic amines) is 1. The first kappa shape index (κ1) is 19.9. The van der Waals surface area contributed by atoms with Crippen molar-refractivity contribution in [1.82, 2.24) is 24.6 Å². The van der Waals surface area contributed by atoms with Crippen molar-refractivity contribution in [3.05, 3.63) is 29.5 Å². The third-order valence-electron chi connectivity index (χ3n) is 5.78. The van der Waals surface area contributed by atoms with E-state index in [2.05, 4.69) is 15.0 Å². The summed E-state index contributed by atoms with van der Waals surface area (Å²) in [5, 5.41) is 7.35. The number of aromatic nitrogens is 3. The Kier molecular flexibility index (Phi) is 6.13. The van der Waals surface area contributed by atoms with Crippen molar-refractivity contribution < 1.29 is 9.59 Å². The molecule has 2 aromatic heterocycles. The maximum Gasteiger partial charge on any atom is 0.274 e. The summed E-state index contributed by atoms with van der Waals surface area (Å²) in [6.07, 6.45) is 6.11. The van der Waals surface area contributed by atoms with Crippen LogP contribution in [0.1, 0.15) is 36.7 Å². The average Bonchev–Trinajstić information content (AvgIpc) is 3.45. The zero-order valence-corrected chi connectivity index (χ0v) is 17.7. The fraction of sp³-hybridized carbons (Fsp3) is 0.600. The molecule has 2 amide bonds. The zero-order valence-electron chi connectivity index (χ0n) is 16.9. The van der Waals surface area contributed by atoms with Crippen LogP contribution in [0, 0.1) is 5.92 Å². The molecule has 2 saturated heterocycles. The number of nitrogens with zero attached hydrogens (tertiary/aromatic N) is 6.